The number of carbonyl (C=O) groups excluding carboxylic acids is 2. The molecular formula is C19H14ClN5O3. The average Bonchev–Trinajstić information content (AvgIpc) is 3.27. The van der Waals surface area contributed by atoms with E-state index in [9.17, 15) is 9.59 Å². The standard InChI is InChI=1S/C19H14ClN5O3/c1-11-10-15(24-28-11)22-19(27)17-23-16(14-8-4-5-9-25(14)17)18(26)21-13-7-3-2-6-12(13)20/h2-10H,1H3,(H,21,26)(H,22,24,27). The lowest BCUT2D eigenvalue weighted by Gasteiger charge is -2.05. The lowest BCUT2D eigenvalue weighted by molar-refractivity contribution is 0.101. The second-order valence-electron chi connectivity index (χ2n) is 5.95. The maximum absolute atomic E-state index is 12.8. The van der Waals surface area contributed by atoms with E-state index >= 15 is 0 Å². The van der Waals surface area contributed by atoms with Crippen LogP contribution in [0.4, 0.5) is 11.5 Å². The van der Waals surface area contributed by atoms with Crippen LogP contribution in [0.15, 0.2) is 59.3 Å². The number of halogens is 1. The minimum Gasteiger partial charge on any atom is -0.360 e. The zero-order chi connectivity index (χ0) is 19.7. The number of hydrogen-bond donors (Lipinski definition) is 2. The van der Waals surface area contributed by atoms with Crippen molar-refractivity contribution in [3.05, 3.63) is 77.0 Å². The van der Waals surface area contributed by atoms with Gasteiger partial charge in [-0.2, -0.15) is 0 Å². The van der Waals surface area contributed by atoms with Crippen molar-refractivity contribution in [1.82, 2.24) is 14.5 Å². The van der Waals surface area contributed by atoms with Gasteiger partial charge >= 0.3 is 0 Å². The number of aryl methyl sites for hydroxylation is 1. The van der Waals surface area contributed by atoms with E-state index in [0.717, 1.165) is 0 Å². The fourth-order valence-corrected chi connectivity index (χ4v) is 2.89. The van der Waals surface area contributed by atoms with Gasteiger partial charge in [0.15, 0.2) is 11.5 Å². The molecule has 0 aliphatic rings. The van der Waals surface area contributed by atoms with Gasteiger partial charge in [-0.3, -0.25) is 14.0 Å². The topological polar surface area (TPSA) is 102 Å². The Morgan fingerprint density at radius 2 is 1.86 bits per heavy atom. The summed E-state index contributed by atoms with van der Waals surface area (Å²) in [4.78, 5) is 29.7. The van der Waals surface area contributed by atoms with Crippen LogP contribution < -0.4 is 10.6 Å². The monoisotopic (exact) mass is 395 g/mol. The molecule has 2 N–H and O–H groups in total. The number of imidazole rings is 1. The molecule has 0 aliphatic heterocycles. The second-order valence-corrected chi connectivity index (χ2v) is 6.36. The number of hydrogen-bond acceptors (Lipinski definition) is 5. The van der Waals surface area contributed by atoms with E-state index in [1.807, 2.05) is 0 Å². The summed E-state index contributed by atoms with van der Waals surface area (Å²) in [6.07, 6.45) is 1.65. The molecule has 0 atom stereocenters. The highest BCUT2D eigenvalue weighted by atomic mass is 35.5. The summed E-state index contributed by atoms with van der Waals surface area (Å²) in [5.41, 5.74) is 1.03. The Balaban J connectivity index is 1.69. The van der Waals surface area contributed by atoms with Gasteiger partial charge in [-0.1, -0.05) is 35.0 Å². The second kappa shape index (κ2) is 7.16. The third-order valence-electron chi connectivity index (χ3n) is 3.96. The molecule has 1 aromatic carbocycles. The van der Waals surface area contributed by atoms with Crippen molar-refractivity contribution in [3.8, 4) is 0 Å². The van der Waals surface area contributed by atoms with E-state index in [1.54, 1.807) is 61.7 Å². The van der Waals surface area contributed by atoms with E-state index in [4.69, 9.17) is 16.1 Å². The van der Waals surface area contributed by atoms with Crippen molar-refractivity contribution < 1.29 is 14.1 Å². The number of benzene rings is 1. The molecule has 2 amide bonds. The first-order valence-electron chi connectivity index (χ1n) is 8.30. The molecule has 0 saturated carbocycles. The molecule has 3 aromatic heterocycles. The lowest BCUT2D eigenvalue weighted by atomic mass is 10.3. The van der Waals surface area contributed by atoms with Crippen LogP contribution in [0.1, 0.15) is 26.9 Å². The Labute approximate surface area is 164 Å². The van der Waals surface area contributed by atoms with Crippen molar-refractivity contribution in [2.24, 2.45) is 0 Å². The van der Waals surface area contributed by atoms with Gasteiger partial charge in [-0.15, -0.1) is 0 Å². The summed E-state index contributed by atoms with van der Waals surface area (Å²) in [6, 6.07) is 13.6. The highest BCUT2D eigenvalue weighted by molar-refractivity contribution is 6.34. The number of amides is 2. The Bertz CT molecular complexity index is 1200. The minimum absolute atomic E-state index is 0.0422. The molecule has 9 heteroatoms. The van der Waals surface area contributed by atoms with E-state index in [0.29, 0.717) is 22.0 Å². The number of pyridine rings is 1. The summed E-state index contributed by atoms with van der Waals surface area (Å²) in [5.74, 6) is -0.139. The molecule has 0 unspecified atom stereocenters. The van der Waals surface area contributed by atoms with Gasteiger partial charge in [-0.25, -0.2) is 4.98 Å². The van der Waals surface area contributed by atoms with Crippen molar-refractivity contribution in [3.63, 3.8) is 0 Å². The van der Waals surface area contributed by atoms with Gasteiger partial charge in [0.05, 0.1) is 16.2 Å². The Kier molecular flexibility index (Phi) is 4.54. The van der Waals surface area contributed by atoms with Crippen molar-refractivity contribution in [1.29, 1.82) is 0 Å². The number of fused-ring (bicyclic) bond motifs is 1. The number of nitrogens with zero attached hydrogens (tertiary/aromatic N) is 3. The normalized spacial score (nSPS) is 10.8. The highest BCUT2D eigenvalue weighted by Crippen LogP contribution is 2.22. The number of aromatic nitrogens is 3. The molecule has 3 heterocycles. The SMILES string of the molecule is Cc1cc(NC(=O)c2nc(C(=O)Nc3ccccc3Cl)c3ccccn23)no1. The smallest absolute Gasteiger partial charge is 0.293 e. The van der Waals surface area contributed by atoms with Crippen molar-refractivity contribution in [2.75, 3.05) is 10.6 Å². The Morgan fingerprint density at radius 3 is 2.61 bits per heavy atom. The summed E-state index contributed by atoms with van der Waals surface area (Å²) in [7, 11) is 0. The molecule has 0 spiro atoms. The van der Waals surface area contributed by atoms with Crippen LogP contribution in [0.3, 0.4) is 0 Å². The quantitative estimate of drug-likeness (QED) is 0.547. The fraction of sp³-hybridized carbons (Fsp3) is 0.0526. The first-order chi connectivity index (χ1) is 13.5. The minimum atomic E-state index is -0.522. The third-order valence-corrected chi connectivity index (χ3v) is 4.29. The van der Waals surface area contributed by atoms with Gasteiger partial charge in [0.1, 0.15) is 5.76 Å². The van der Waals surface area contributed by atoms with Crippen molar-refractivity contribution in [2.45, 2.75) is 6.92 Å². The predicted octanol–water partition coefficient (Wildman–Crippen LogP) is 3.79. The fourth-order valence-electron chi connectivity index (χ4n) is 2.71. The largest absolute Gasteiger partial charge is 0.360 e. The molecule has 0 saturated heterocycles. The molecule has 4 rings (SSSR count). The maximum Gasteiger partial charge on any atom is 0.293 e. The van der Waals surface area contributed by atoms with E-state index in [-0.39, 0.29) is 17.3 Å². The maximum atomic E-state index is 12.8. The first kappa shape index (κ1) is 17.7. The van der Waals surface area contributed by atoms with Crippen LogP contribution in [0.5, 0.6) is 0 Å². The molecule has 0 fully saturated rings. The van der Waals surface area contributed by atoms with E-state index < -0.39 is 11.8 Å². The van der Waals surface area contributed by atoms with E-state index in [2.05, 4.69) is 20.8 Å². The van der Waals surface area contributed by atoms with Crippen LogP contribution in [0.2, 0.25) is 5.02 Å². The Hall–Kier alpha value is -3.65. The zero-order valence-electron chi connectivity index (χ0n) is 14.6. The zero-order valence-corrected chi connectivity index (χ0v) is 15.4. The molecular weight excluding hydrogens is 382 g/mol. The molecule has 8 nitrogen and oxygen atoms in total. The van der Waals surface area contributed by atoms with Crippen LogP contribution >= 0.6 is 11.6 Å². The number of para-hydroxylation sites is 1. The van der Waals surface area contributed by atoms with Crippen LogP contribution in [0, 0.1) is 6.92 Å². The van der Waals surface area contributed by atoms with Gasteiger partial charge in [0, 0.05) is 12.3 Å². The van der Waals surface area contributed by atoms with E-state index in [1.165, 1.54) is 4.40 Å². The predicted molar refractivity (Wildman–Crippen MR) is 104 cm³/mol. The average molecular weight is 396 g/mol. The van der Waals surface area contributed by atoms with Crippen LogP contribution in [0.25, 0.3) is 5.52 Å². The molecule has 140 valence electrons. The molecule has 4 aromatic rings. The number of carbonyl (C=O) groups is 2. The van der Waals surface area contributed by atoms with Crippen LogP contribution in [-0.4, -0.2) is 26.4 Å². The summed E-state index contributed by atoms with van der Waals surface area (Å²) in [5, 5.41) is 9.45. The number of nitrogens with one attached hydrogen (secondary N) is 2. The van der Waals surface area contributed by atoms with Crippen LogP contribution in [-0.2, 0) is 0 Å². The molecule has 0 bridgehead atoms. The van der Waals surface area contributed by atoms with Gasteiger partial charge in [0.2, 0.25) is 5.82 Å². The first-order valence-corrected chi connectivity index (χ1v) is 8.68. The summed E-state index contributed by atoms with van der Waals surface area (Å²) in [6.45, 7) is 1.71. The third kappa shape index (κ3) is 3.33. The van der Waals surface area contributed by atoms with Gasteiger partial charge in [-0.05, 0) is 31.2 Å². The Morgan fingerprint density at radius 1 is 1.07 bits per heavy atom. The molecule has 28 heavy (non-hydrogen) atoms. The van der Waals surface area contributed by atoms with Gasteiger partial charge < -0.3 is 15.2 Å². The summed E-state index contributed by atoms with van der Waals surface area (Å²) < 4.78 is 6.47. The summed E-state index contributed by atoms with van der Waals surface area (Å²) >= 11 is 6.10. The number of anilines is 2. The molecule has 0 radical (unpaired) electrons. The van der Waals surface area contributed by atoms with Gasteiger partial charge in [0.25, 0.3) is 11.8 Å². The number of rotatable bonds is 4. The molecule has 0 aliphatic carbocycles. The highest BCUT2D eigenvalue weighted by Gasteiger charge is 2.22. The van der Waals surface area contributed by atoms with Crippen molar-refractivity contribution >= 4 is 40.4 Å². The lowest BCUT2D eigenvalue weighted by Crippen LogP contribution is -2.16.